The van der Waals surface area contributed by atoms with Crippen LogP contribution in [0.5, 0.6) is 0 Å². The fourth-order valence-corrected chi connectivity index (χ4v) is 2.21. The van der Waals surface area contributed by atoms with Gasteiger partial charge in [-0.25, -0.2) is 4.79 Å². The lowest BCUT2D eigenvalue weighted by atomic mass is 10.1. The van der Waals surface area contributed by atoms with Gasteiger partial charge in [0, 0.05) is 10.0 Å². The first-order valence-corrected chi connectivity index (χ1v) is 7.90. The monoisotopic (exact) mass is 345 g/mol. The lowest BCUT2D eigenvalue weighted by Crippen LogP contribution is -2.41. The highest BCUT2D eigenvalue weighted by molar-refractivity contribution is 9.10. The van der Waals surface area contributed by atoms with E-state index in [2.05, 4.69) is 21.2 Å². The standard InChI is InChI=1S/C13H16BrNO3S/c1-18-13(17)11(7-8-19-2)15-12(16)9-3-5-10(14)6-4-9/h3-6,11H,7-8H2,1-2H3,(H,15,16). The molecular weight excluding hydrogens is 330 g/mol. The average Bonchev–Trinajstić information content (AvgIpc) is 2.43. The quantitative estimate of drug-likeness (QED) is 0.804. The van der Waals surface area contributed by atoms with Gasteiger partial charge in [-0.3, -0.25) is 4.79 Å². The van der Waals surface area contributed by atoms with Crippen LogP contribution in [0.1, 0.15) is 16.8 Å². The van der Waals surface area contributed by atoms with Crippen LogP contribution in [0.2, 0.25) is 0 Å². The Morgan fingerprint density at radius 1 is 1.37 bits per heavy atom. The van der Waals surface area contributed by atoms with Crippen molar-refractivity contribution < 1.29 is 14.3 Å². The Kier molecular flexibility index (Phi) is 6.94. The fraction of sp³-hybridized carbons (Fsp3) is 0.385. The second-order valence-electron chi connectivity index (χ2n) is 3.84. The lowest BCUT2D eigenvalue weighted by molar-refractivity contribution is -0.142. The highest BCUT2D eigenvalue weighted by atomic mass is 79.9. The number of ether oxygens (including phenoxy) is 1. The highest BCUT2D eigenvalue weighted by Gasteiger charge is 2.21. The van der Waals surface area contributed by atoms with Gasteiger partial charge < -0.3 is 10.1 Å². The van der Waals surface area contributed by atoms with Gasteiger partial charge >= 0.3 is 5.97 Å². The molecule has 0 saturated carbocycles. The van der Waals surface area contributed by atoms with Crippen molar-refractivity contribution in [3.05, 3.63) is 34.3 Å². The number of hydrogen-bond donors (Lipinski definition) is 1. The Labute approximate surface area is 125 Å². The first-order chi connectivity index (χ1) is 9.08. The summed E-state index contributed by atoms with van der Waals surface area (Å²) >= 11 is 4.92. The van der Waals surface area contributed by atoms with Crippen molar-refractivity contribution in [2.45, 2.75) is 12.5 Å². The van der Waals surface area contributed by atoms with Gasteiger partial charge in [0.05, 0.1) is 7.11 Å². The predicted octanol–water partition coefficient (Wildman–Crippen LogP) is 2.47. The third kappa shape index (κ3) is 5.24. The number of amides is 1. The number of esters is 1. The molecule has 4 nitrogen and oxygen atoms in total. The molecule has 0 aliphatic heterocycles. The highest BCUT2D eigenvalue weighted by Crippen LogP contribution is 2.11. The second-order valence-corrected chi connectivity index (χ2v) is 5.74. The summed E-state index contributed by atoms with van der Waals surface area (Å²) in [5.74, 6) is 0.0870. The summed E-state index contributed by atoms with van der Waals surface area (Å²) < 4.78 is 5.59. The van der Waals surface area contributed by atoms with Gasteiger partial charge in [-0.2, -0.15) is 11.8 Å². The molecular formula is C13H16BrNO3S. The van der Waals surface area contributed by atoms with E-state index in [-0.39, 0.29) is 5.91 Å². The Morgan fingerprint density at radius 3 is 2.53 bits per heavy atom. The van der Waals surface area contributed by atoms with E-state index in [0.717, 1.165) is 10.2 Å². The van der Waals surface area contributed by atoms with Crippen molar-refractivity contribution in [1.82, 2.24) is 5.32 Å². The Balaban J connectivity index is 2.69. The van der Waals surface area contributed by atoms with Gasteiger partial charge in [0.2, 0.25) is 0 Å². The Hall–Kier alpha value is -1.01. The average molecular weight is 346 g/mol. The number of hydrogen-bond acceptors (Lipinski definition) is 4. The molecule has 0 aliphatic rings. The molecule has 6 heteroatoms. The third-order valence-electron chi connectivity index (χ3n) is 2.51. The largest absolute Gasteiger partial charge is 0.467 e. The van der Waals surface area contributed by atoms with Crippen LogP contribution in [0, 0.1) is 0 Å². The van der Waals surface area contributed by atoms with E-state index in [9.17, 15) is 9.59 Å². The molecule has 1 N–H and O–H groups in total. The number of halogens is 1. The van der Waals surface area contributed by atoms with Crippen molar-refractivity contribution >= 4 is 39.6 Å². The van der Waals surface area contributed by atoms with Gasteiger partial charge in [0.15, 0.2) is 0 Å². The van der Waals surface area contributed by atoms with Crippen LogP contribution in [0.4, 0.5) is 0 Å². The zero-order valence-electron chi connectivity index (χ0n) is 10.8. The minimum absolute atomic E-state index is 0.274. The number of methoxy groups -OCH3 is 1. The zero-order chi connectivity index (χ0) is 14.3. The molecule has 0 spiro atoms. The summed E-state index contributed by atoms with van der Waals surface area (Å²) in [6, 6.07) is 6.35. The summed E-state index contributed by atoms with van der Waals surface area (Å²) in [5, 5.41) is 2.70. The van der Waals surface area contributed by atoms with E-state index >= 15 is 0 Å². The number of benzene rings is 1. The van der Waals surface area contributed by atoms with Gasteiger partial charge in [-0.1, -0.05) is 15.9 Å². The van der Waals surface area contributed by atoms with Crippen LogP contribution >= 0.6 is 27.7 Å². The van der Waals surface area contributed by atoms with Crippen molar-refractivity contribution in [3.63, 3.8) is 0 Å². The molecule has 1 unspecified atom stereocenters. The Morgan fingerprint density at radius 2 is 2.00 bits per heavy atom. The predicted molar refractivity (Wildman–Crippen MR) is 80.4 cm³/mol. The van der Waals surface area contributed by atoms with E-state index in [1.807, 2.05) is 6.26 Å². The van der Waals surface area contributed by atoms with Gasteiger partial charge in [0.1, 0.15) is 6.04 Å². The third-order valence-corrected chi connectivity index (χ3v) is 3.68. The molecule has 0 fully saturated rings. The van der Waals surface area contributed by atoms with Gasteiger partial charge in [-0.15, -0.1) is 0 Å². The zero-order valence-corrected chi connectivity index (χ0v) is 13.2. The van der Waals surface area contributed by atoms with Gasteiger partial charge in [-0.05, 0) is 42.7 Å². The summed E-state index contributed by atoms with van der Waals surface area (Å²) in [6.45, 7) is 0. The van der Waals surface area contributed by atoms with E-state index in [0.29, 0.717) is 12.0 Å². The normalized spacial score (nSPS) is 11.7. The van der Waals surface area contributed by atoms with E-state index in [1.54, 1.807) is 36.0 Å². The van der Waals surface area contributed by atoms with E-state index in [4.69, 9.17) is 4.74 Å². The molecule has 1 amide bonds. The molecule has 0 bridgehead atoms. The van der Waals surface area contributed by atoms with Crippen molar-refractivity contribution in [2.75, 3.05) is 19.1 Å². The SMILES string of the molecule is COC(=O)C(CCSC)NC(=O)c1ccc(Br)cc1. The topological polar surface area (TPSA) is 55.4 Å². The second kappa shape index (κ2) is 8.22. The number of carbonyl (C=O) groups is 2. The fourth-order valence-electron chi connectivity index (χ4n) is 1.47. The van der Waals surface area contributed by atoms with Gasteiger partial charge in [0.25, 0.3) is 5.91 Å². The number of rotatable bonds is 6. The Bertz CT molecular complexity index is 436. The number of nitrogens with one attached hydrogen (secondary N) is 1. The summed E-state index contributed by atoms with van der Waals surface area (Å²) in [4.78, 5) is 23.6. The number of carbonyl (C=O) groups excluding carboxylic acids is 2. The summed E-state index contributed by atoms with van der Waals surface area (Å²) in [6.07, 6.45) is 2.50. The van der Waals surface area contributed by atoms with Crippen LogP contribution in [0.15, 0.2) is 28.7 Å². The molecule has 104 valence electrons. The molecule has 0 heterocycles. The minimum atomic E-state index is -0.603. The molecule has 1 aromatic rings. The molecule has 1 rings (SSSR count). The van der Waals surface area contributed by atoms with E-state index in [1.165, 1.54) is 7.11 Å². The first-order valence-electron chi connectivity index (χ1n) is 5.71. The molecule has 0 radical (unpaired) electrons. The molecule has 19 heavy (non-hydrogen) atoms. The molecule has 1 aromatic carbocycles. The smallest absolute Gasteiger partial charge is 0.328 e. The molecule has 0 aromatic heterocycles. The maximum Gasteiger partial charge on any atom is 0.328 e. The van der Waals surface area contributed by atoms with Crippen LogP contribution < -0.4 is 5.32 Å². The minimum Gasteiger partial charge on any atom is -0.467 e. The molecule has 0 aliphatic carbocycles. The van der Waals surface area contributed by atoms with E-state index < -0.39 is 12.0 Å². The summed E-state index contributed by atoms with van der Waals surface area (Å²) in [5.41, 5.74) is 0.515. The van der Waals surface area contributed by atoms with Crippen LogP contribution in [0.3, 0.4) is 0 Å². The lowest BCUT2D eigenvalue weighted by Gasteiger charge is -2.16. The van der Waals surface area contributed by atoms with Crippen molar-refractivity contribution in [2.24, 2.45) is 0 Å². The van der Waals surface area contributed by atoms with Crippen molar-refractivity contribution in [1.29, 1.82) is 0 Å². The first kappa shape index (κ1) is 16.0. The number of thioether (sulfide) groups is 1. The van der Waals surface area contributed by atoms with Crippen LogP contribution in [0.25, 0.3) is 0 Å². The maximum absolute atomic E-state index is 12.0. The molecule has 0 saturated heterocycles. The van der Waals surface area contributed by atoms with Crippen LogP contribution in [-0.2, 0) is 9.53 Å². The maximum atomic E-state index is 12.0. The van der Waals surface area contributed by atoms with Crippen LogP contribution in [-0.4, -0.2) is 37.0 Å². The molecule has 1 atom stereocenters. The van der Waals surface area contributed by atoms with Crippen molar-refractivity contribution in [3.8, 4) is 0 Å². The summed E-state index contributed by atoms with van der Waals surface area (Å²) in [7, 11) is 1.32.